The largest absolute Gasteiger partial charge is 0.308 e. The maximum absolute atomic E-state index is 13.3. The fourth-order valence-electron chi connectivity index (χ4n) is 1.72. The predicted molar refractivity (Wildman–Crippen MR) is 73.9 cm³/mol. The van der Waals surface area contributed by atoms with Gasteiger partial charge in [0.1, 0.15) is 5.82 Å². The van der Waals surface area contributed by atoms with E-state index in [1.165, 1.54) is 0 Å². The summed E-state index contributed by atoms with van der Waals surface area (Å²) in [5, 5.41) is 0. The van der Waals surface area contributed by atoms with Crippen molar-refractivity contribution in [1.29, 1.82) is 0 Å². The first-order valence-electron chi connectivity index (χ1n) is 6.23. The number of aromatic nitrogens is 2. The number of rotatable bonds is 2. The second kappa shape index (κ2) is 5.33. The molecule has 0 aliphatic carbocycles. The Labute approximate surface area is 120 Å². The van der Waals surface area contributed by atoms with Crippen LogP contribution in [0.2, 0.25) is 0 Å². The van der Waals surface area contributed by atoms with Crippen LogP contribution in [-0.4, -0.2) is 9.97 Å². The molecule has 1 heterocycles. The van der Waals surface area contributed by atoms with Gasteiger partial charge in [-0.2, -0.15) is 0 Å². The summed E-state index contributed by atoms with van der Waals surface area (Å²) in [5.41, 5.74) is 2.72. The first kappa shape index (κ1) is 15.2. The first-order valence-corrected chi connectivity index (χ1v) is 6.23. The van der Waals surface area contributed by atoms with E-state index in [2.05, 4.69) is 15.4 Å². The summed E-state index contributed by atoms with van der Waals surface area (Å²) in [6.45, 7) is 5.77. The van der Waals surface area contributed by atoms with Gasteiger partial charge in [-0.1, -0.05) is 20.8 Å². The molecule has 0 saturated carbocycles. The fraction of sp³-hybridized carbons (Fsp3) is 0.286. The Kier molecular flexibility index (Phi) is 3.87. The van der Waals surface area contributed by atoms with Gasteiger partial charge in [-0.3, -0.25) is 0 Å². The minimum absolute atomic E-state index is 0.0361. The molecule has 0 atom stereocenters. The Balaban J connectivity index is 2.63. The van der Waals surface area contributed by atoms with E-state index in [9.17, 15) is 13.2 Å². The quantitative estimate of drug-likeness (QED) is 0.507. The highest BCUT2D eigenvalue weighted by molar-refractivity contribution is 5.58. The minimum Gasteiger partial charge on any atom is -0.308 e. The predicted octanol–water partition coefficient (Wildman–Crippen LogP) is 3.14. The van der Waals surface area contributed by atoms with Gasteiger partial charge in [0.05, 0.1) is 5.69 Å². The first-order chi connectivity index (χ1) is 9.72. The summed E-state index contributed by atoms with van der Waals surface area (Å²) >= 11 is 0. The Hall–Kier alpha value is -2.15. The van der Waals surface area contributed by atoms with E-state index in [1.807, 2.05) is 20.8 Å². The lowest BCUT2D eigenvalue weighted by Crippen LogP contribution is -2.17. The molecule has 2 rings (SSSR count). The topological polar surface area (TPSA) is 63.8 Å². The molecule has 0 unspecified atom stereocenters. The third-order valence-electron chi connectivity index (χ3n) is 2.88. The summed E-state index contributed by atoms with van der Waals surface area (Å²) in [4.78, 5) is 8.32. The van der Waals surface area contributed by atoms with Gasteiger partial charge >= 0.3 is 0 Å². The van der Waals surface area contributed by atoms with Crippen LogP contribution >= 0.6 is 0 Å². The SMILES string of the molecule is CC(C)(C)c1cc(NN)nc(-c2cc(F)c(F)c(F)c2)n1. The van der Waals surface area contributed by atoms with Crippen LogP contribution in [0.5, 0.6) is 0 Å². The Morgan fingerprint density at radius 1 is 1.00 bits per heavy atom. The molecule has 1 aromatic carbocycles. The number of halogens is 3. The van der Waals surface area contributed by atoms with Gasteiger partial charge in [-0.05, 0) is 12.1 Å². The van der Waals surface area contributed by atoms with E-state index in [0.717, 1.165) is 12.1 Å². The second-order valence-electron chi connectivity index (χ2n) is 5.61. The molecule has 0 spiro atoms. The van der Waals surface area contributed by atoms with E-state index in [0.29, 0.717) is 11.5 Å². The molecule has 4 nitrogen and oxygen atoms in total. The highest BCUT2D eigenvalue weighted by Gasteiger charge is 2.20. The van der Waals surface area contributed by atoms with Crippen molar-refractivity contribution in [2.24, 2.45) is 5.84 Å². The number of hydrogen-bond donors (Lipinski definition) is 2. The molecule has 0 amide bonds. The number of hydrazine groups is 1. The Morgan fingerprint density at radius 2 is 1.57 bits per heavy atom. The lowest BCUT2D eigenvalue weighted by atomic mass is 9.92. The smallest absolute Gasteiger partial charge is 0.194 e. The van der Waals surface area contributed by atoms with Crippen LogP contribution in [0, 0.1) is 17.5 Å². The molecular formula is C14H15F3N4. The van der Waals surface area contributed by atoms with Crippen molar-refractivity contribution in [3.05, 3.63) is 41.3 Å². The van der Waals surface area contributed by atoms with Gasteiger partial charge in [0.25, 0.3) is 0 Å². The van der Waals surface area contributed by atoms with Crippen LogP contribution in [0.1, 0.15) is 26.5 Å². The van der Waals surface area contributed by atoms with Gasteiger partial charge in [-0.25, -0.2) is 29.0 Å². The zero-order valence-electron chi connectivity index (χ0n) is 11.8. The summed E-state index contributed by atoms with van der Waals surface area (Å²) in [6.07, 6.45) is 0. The summed E-state index contributed by atoms with van der Waals surface area (Å²) in [5.74, 6) is 1.59. The number of hydrogen-bond acceptors (Lipinski definition) is 4. The van der Waals surface area contributed by atoms with Crippen molar-refractivity contribution in [1.82, 2.24) is 9.97 Å². The maximum atomic E-state index is 13.3. The normalized spacial score (nSPS) is 11.6. The van der Waals surface area contributed by atoms with Crippen molar-refractivity contribution in [2.75, 3.05) is 5.43 Å². The molecule has 2 aromatic rings. The zero-order chi connectivity index (χ0) is 15.8. The molecule has 0 saturated heterocycles. The van der Waals surface area contributed by atoms with Gasteiger partial charge < -0.3 is 5.43 Å². The summed E-state index contributed by atoms with van der Waals surface area (Å²) in [6, 6.07) is 3.33. The lowest BCUT2D eigenvalue weighted by Gasteiger charge is -2.19. The molecule has 3 N–H and O–H groups in total. The van der Waals surface area contributed by atoms with Crippen LogP contribution in [0.4, 0.5) is 19.0 Å². The minimum atomic E-state index is -1.53. The number of nitrogens with two attached hydrogens (primary N) is 1. The number of nitrogens with zero attached hydrogens (tertiary/aromatic N) is 2. The summed E-state index contributed by atoms with van der Waals surface area (Å²) in [7, 11) is 0. The van der Waals surface area contributed by atoms with Crippen LogP contribution in [0.15, 0.2) is 18.2 Å². The molecular weight excluding hydrogens is 281 g/mol. The van der Waals surface area contributed by atoms with Crippen LogP contribution in [0.3, 0.4) is 0 Å². The standard InChI is InChI=1S/C14H15F3N4/c1-14(2,3)10-6-11(21-18)20-13(19-10)7-4-8(15)12(17)9(16)5-7/h4-6H,18H2,1-3H3,(H,19,20,21). The van der Waals surface area contributed by atoms with E-state index in [1.54, 1.807) is 6.07 Å². The molecule has 0 fully saturated rings. The highest BCUT2D eigenvalue weighted by Crippen LogP contribution is 2.27. The number of benzene rings is 1. The number of nitrogen functional groups attached to an aromatic ring is 1. The van der Waals surface area contributed by atoms with E-state index >= 15 is 0 Å². The van der Waals surface area contributed by atoms with Crippen LogP contribution in [-0.2, 0) is 5.41 Å². The Bertz CT molecular complexity index is 657. The monoisotopic (exact) mass is 296 g/mol. The molecule has 0 aliphatic heterocycles. The number of nitrogens with one attached hydrogen (secondary N) is 1. The average Bonchev–Trinajstić information content (AvgIpc) is 2.42. The van der Waals surface area contributed by atoms with Gasteiger partial charge in [0.2, 0.25) is 0 Å². The molecule has 1 aromatic heterocycles. The zero-order valence-corrected chi connectivity index (χ0v) is 11.8. The van der Waals surface area contributed by atoms with Gasteiger partial charge in [0, 0.05) is 17.0 Å². The molecule has 0 aliphatic rings. The van der Waals surface area contributed by atoms with E-state index < -0.39 is 17.5 Å². The maximum Gasteiger partial charge on any atom is 0.194 e. The number of anilines is 1. The van der Waals surface area contributed by atoms with Crippen molar-refractivity contribution >= 4 is 5.82 Å². The lowest BCUT2D eigenvalue weighted by molar-refractivity contribution is 0.447. The molecule has 112 valence electrons. The fourth-order valence-corrected chi connectivity index (χ4v) is 1.72. The van der Waals surface area contributed by atoms with Crippen molar-refractivity contribution in [3.8, 4) is 11.4 Å². The summed E-state index contributed by atoms with van der Waals surface area (Å²) < 4.78 is 39.7. The Morgan fingerprint density at radius 3 is 2.05 bits per heavy atom. The third-order valence-corrected chi connectivity index (χ3v) is 2.88. The highest BCUT2D eigenvalue weighted by atomic mass is 19.2. The molecule has 0 radical (unpaired) electrons. The van der Waals surface area contributed by atoms with Crippen molar-refractivity contribution in [2.45, 2.75) is 26.2 Å². The molecule has 7 heteroatoms. The van der Waals surface area contributed by atoms with E-state index in [-0.39, 0.29) is 16.8 Å². The average molecular weight is 296 g/mol. The van der Waals surface area contributed by atoms with Crippen molar-refractivity contribution in [3.63, 3.8) is 0 Å². The van der Waals surface area contributed by atoms with Crippen molar-refractivity contribution < 1.29 is 13.2 Å². The van der Waals surface area contributed by atoms with Crippen LogP contribution < -0.4 is 11.3 Å². The molecule has 21 heavy (non-hydrogen) atoms. The third kappa shape index (κ3) is 3.13. The van der Waals surface area contributed by atoms with Gasteiger partial charge in [-0.15, -0.1) is 0 Å². The second-order valence-corrected chi connectivity index (χ2v) is 5.61. The van der Waals surface area contributed by atoms with E-state index in [4.69, 9.17) is 5.84 Å². The van der Waals surface area contributed by atoms with Gasteiger partial charge in [0.15, 0.2) is 23.3 Å². The van der Waals surface area contributed by atoms with Crippen LogP contribution in [0.25, 0.3) is 11.4 Å². The molecule has 0 bridgehead atoms.